The summed E-state index contributed by atoms with van der Waals surface area (Å²) in [5.41, 5.74) is 0.513. The van der Waals surface area contributed by atoms with Crippen molar-refractivity contribution in [2.45, 2.75) is 19.1 Å². The highest BCUT2D eigenvalue weighted by atomic mass is 16.6. The Kier molecular flexibility index (Phi) is 2.92. The lowest BCUT2D eigenvalue weighted by Gasteiger charge is -2.11. The SMILES string of the molecule is CC(C(O)c1ccncc1)[N+](=O)[O-]. The van der Waals surface area contributed by atoms with E-state index in [4.69, 9.17) is 0 Å². The molecule has 5 nitrogen and oxygen atoms in total. The second-order valence-corrected chi connectivity index (χ2v) is 2.75. The molecule has 1 heterocycles. The van der Waals surface area contributed by atoms with Crippen LogP contribution in [0.3, 0.4) is 0 Å². The average molecular weight is 182 g/mol. The fourth-order valence-corrected chi connectivity index (χ4v) is 0.954. The van der Waals surface area contributed by atoms with Crippen LogP contribution in [0.5, 0.6) is 0 Å². The zero-order valence-electron chi connectivity index (χ0n) is 7.12. The van der Waals surface area contributed by atoms with E-state index in [1.54, 1.807) is 12.1 Å². The molecule has 1 N–H and O–H groups in total. The fraction of sp³-hybridized carbons (Fsp3) is 0.375. The number of pyridine rings is 1. The van der Waals surface area contributed by atoms with Crippen LogP contribution < -0.4 is 0 Å². The molecule has 0 aliphatic rings. The minimum Gasteiger partial charge on any atom is -0.381 e. The van der Waals surface area contributed by atoms with Crippen molar-refractivity contribution in [2.75, 3.05) is 0 Å². The summed E-state index contributed by atoms with van der Waals surface area (Å²) in [6, 6.07) is 2.12. The number of rotatable bonds is 3. The second-order valence-electron chi connectivity index (χ2n) is 2.75. The Balaban J connectivity index is 2.79. The minimum atomic E-state index is -1.07. The van der Waals surface area contributed by atoms with Gasteiger partial charge in [0.25, 0.3) is 0 Å². The van der Waals surface area contributed by atoms with E-state index in [1.165, 1.54) is 19.3 Å². The Morgan fingerprint density at radius 3 is 2.54 bits per heavy atom. The van der Waals surface area contributed by atoms with Crippen LogP contribution in [0.15, 0.2) is 24.5 Å². The molecule has 0 saturated heterocycles. The molecule has 70 valence electrons. The molecule has 0 spiro atoms. The number of aliphatic hydroxyl groups excluding tert-OH is 1. The van der Waals surface area contributed by atoms with Crippen LogP contribution in [-0.4, -0.2) is 21.1 Å². The van der Waals surface area contributed by atoms with Gasteiger partial charge in [-0.25, -0.2) is 0 Å². The third-order valence-electron chi connectivity index (χ3n) is 1.84. The van der Waals surface area contributed by atoms with Crippen LogP contribution in [-0.2, 0) is 0 Å². The smallest absolute Gasteiger partial charge is 0.239 e. The molecule has 0 saturated carbocycles. The van der Waals surface area contributed by atoms with Crippen LogP contribution in [0.2, 0.25) is 0 Å². The number of nitrogens with zero attached hydrogens (tertiary/aromatic N) is 2. The fourth-order valence-electron chi connectivity index (χ4n) is 0.954. The maximum atomic E-state index is 10.3. The summed E-state index contributed by atoms with van der Waals surface area (Å²) >= 11 is 0. The van der Waals surface area contributed by atoms with Gasteiger partial charge in [-0.15, -0.1) is 0 Å². The first-order valence-corrected chi connectivity index (χ1v) is 3.84. The number of aliphatic hydroxyl groups is 1. The molecular formula is C8H10N2O3. The van der Waals surface area contributed by atoms with E-state index >= 15 is 0 Å². The number of hydrogen-bond acceptors (Lipinski definition) is 4. The van der Waals surface area contributed by atoms with E-state index in [1.807, 2.05) is 0 Å². The molecule has 1 aromatic rings. The van der Waals surface area contributed by atoms with Crippen molar-refractivity contribution in [3.63, 3.8) is 0 Å². The van der Waals surface area contributed by atoms with Gasteiger partial charge >= 0.3 is 0 Å². The lowest BCUT2D eigenvalue weighted by atomic mass is 10.1. The second kappa shape index (κ2) is 3.95. The average Bonchev–Trinajstić information content (AvgIpc) is 2.17. The van der Waals surface area contributed by atoms with Gasteiger partial charge in [0.15, 0.2) is 0 Å². The maximum Gasteiger partial charge on any atom is 0.239 e. The third kappa shape index (κ3) is 2.22. The van der Waals surface area contributed by atoms with Gasteiger partial charge in [0.2, 0.25) is 6.04 Å². The van der Waals surface area contributed by atoms with E-state index in [-0.39, 0.29) is 0 Å². The Morgan fingerprint density at radius 2 is 2.08 bits per heavy atom. The summed E-state index contributed by atoms with van der Waals surface area (Å²) in [6.45, 7) is 1.37. The first kappa shape index (κ1) is 9.60. The Bertz CT molecular complexity index is 289. The van der Waals surface area contributed by atoms with Crippen molar-refractivity contribution in [1.82, 2.24) is 4.98 Å². The van der Waals surface area contributed by atoms with Crippen molar-refractivity contribution in [2.24, 2.45) is 0 Å². The first-order valence-electron chi connectivity index (χ1n) is 3.84. The van der Waals surface area contributed by atoms with Crippen LogP contribution in [0.1, 0.15) is 18.6 Å². The molecule has 0 aliphatic heterocycles. The van der Waals surface area contributed by atoms with E-state index in [0.29, 0.717) is 5.56 Å². The van der Waals surface area contributed by atoms with Crippen molar-refractivity contribution in [3.8, 4) is 0 Å². The summed E-state index contributed by atoms with van der Waals surface area (Å²) in [7, 11) is 0. The molecule has 1 rings (SSSR count). The zero-order chi connectivity index (χ0) is 9.84. The highest BCUT2D eigenvalue weighted by molar-refractivity contribution is 5.13. The van der Waals surface area contributed by atoms with E-state index in [9.17, 15) is 15.2 Å². The highest BCUT2D eigenvalue weighted by Crippen LogP contribution is 2.16. The summed E-state index contributed by atoms with van der Waals surface area (Å²) in [4.78, 5) is 13.6. The molecule has 0 aliphatic carbocycles. The number of hydrogen-bond donors (Lipinski definition) is 1. The Morgan fingerprint density at radius 1 is 1.54 bits per heavy atom. The van der Waals surface area contributed by atoms with Gasteiger partial charge in [0.1, 0.15) is 6.10 Å². The monoisotopic (exact) mass is 182 g/mol. The molecule has 0 amide bonds. The first-order chi connectivity index (χ1) is 6.13. The van der Waals surface area contributed by atoms with Crippen molar-refractivity contribution >= 4 is 0 Å². The van der Waals surface area contributed by atoms with Crippen LogP contribution in [0.25, 0.3) is 0 Å². The number of aromatic nitrogens is 1. The van der Waals surface area contributed by atoms with Gasteiger partial charge in [-0.1, -0.05) is 0 Å². The van der Waals surface area contributed by atoms with Gasteiger partial charge in [-0.2, -0.15) is 0 Å². The summed E-state index contributed by atoms with van der Waals surface area (Å²) < 4.78 is 0. The van der Waals surface area contributed by atoms with Crippen LogP contribution in [0.4, 0.5) is 0 Å². The predicted octanol–water partition coefficient (Wildman–Crippen LogP) is 0.780. The largest absolute Gasteiger partial charge is 0.381 e. The van der Waals surface area contributed by atoms with E-state index < -0.39 is 17.1 Å². The van der Waals surface area contributed by atoms with Gasteiger partial charge < -0.3 is 5.11 Å². The topological polar surface area (TPSA) is 76.3 Å². The molecule has 0 radical (unpaired) electrons. The zero-order valence-corrected chi connectivity index (χ0v) is 7.12. The standard InChI is InChI=1S/C8H10N2O3/c1-6(10(12)13)8(11)7-2-4-9-5-3-7/h2-6,8,11H,1H3. The van der Waals surface area contributed by atoms with Crippen molar-refractivity contribution < 1.29 is 10.0 Å². The molecule has 5 heteroatoms. The molecule has 1 aromatic heterocycles. The van der Waals surface area contributed by atoms with Gasteiger partial charge in [-0.3, -0.25) is 15.1 Å². The van der Waals surface area contributed by atoms with Crippen LogP contribution in [0, 0.1) is 10.1 Å². The lowest BCUT2D eigenvalue weighted by Crippen LogP contribution is -2.23. The Labute approximate surface area is 75.2 Å². The number of nitro groups is 1. The molecule has 13 heavy (non-hydrogen) atoms. The molecule has 0 bridgehead atoms. The summed E-state index contributed by atoms with van der Waals surface area (Å²) in [5, 5.41) is 19.8. The van der Waals surface area contributed by atoms with E-state index in [2.05, 4.69) is 4.98 Å². The highest BCUT2D eigenvalue weighted by Gasteiger charge is 2.25. The predicted molar refractivity (Wildman–Crippen MR) is 45.7 cm³/mol. The van der Waals surface area contributed by atoms with E-state index in [0.717, 1.165) is 0 Å². The van der Waals surface area contributed by atoms with Crippen molar-refractivity contribution in [3.05, 3.63) is 40.2 Å². The molecular weight excluding hydrogens is 172 g/mol. The minimum absolute atomic E-state index is 0.509. The summed E-state index contributed by atoms with van der Waals surface area (Å²) in [6.07, 6.45) is 1.91. The lowest BCUT2D eigenvalue weighted by molar-refractivity contribution is -0.531. The summed E-state index contributed by atoms with van der Waals surface area (Å²) in [5.74, 6) is 0. The molecule has 2 atom stereocenters. The van der Waals surface area contributed by atoms with Gasteiger partial charge in [0, 0.05) is 24.2 Å². The van der Waals surface area contributed by atoms with Crippen LogP contribution >= 0.6 is 0 Å². The maximum absolute atomic E-state index is 10.3. The normalized spacial score (nSPS) is 14.9. The van der Waals surface area contributed by atoms with Gasteiger partial charge in [0.05, 0.1) is 0 Å². The molecule has 0 fully saturated rings. The molecule has 0 aromatic carbocycles. The molecule has 2 unspecified atom stereocenters. The Hall–Kier alpha value is -1.49. The third-order valence-corrected chi connectivity index (χ3v) is 1.84. The van der Waals surface area contributed by atoms with Crippen molar-refractivity contribution in [1.29, 1.82) is 0 Å². The van der Waals surface area contributed by atoms with Gasteiger partial charge in [-0.05, 0) is 17.7 Å². The quantitative estimate of drug-likeness (QED) is 0.553.